The number of carbonyl (C=O) groups is 1. The average Bonchev–Trinajstić information content (AvgIpc) is 2.45. The third-order valence-electron chi connectivity index (χ3n) is 3.16. The molecule has 4 heteroatoms. The summed E-state index contributed by atoms with van der Waals surface area (Å²) in [6.45, 7) is 3.58. The van der Waals surface area contributed by atoms with Crippen molar-refractivity contribution in [3.05, 3.63) is 30.1 Å². The lowest BCUT2D eigenvalue weighted by Crippen LogP contribution is -2.50. The summed E-state index contributed by atoms with van der Waals surface area (Å²) in [6, 6.07) is 3.80. The van der Waals surface area contributed by atoms with E-state index in [0.717, 1.165) is 25.1 Å². The first-order valence-corrected chi connectivity index (χ1v) is 5.56. The van der Waals surface area contributed by atoms with Gasteiger partial charge in [0.2, 0.25) is 5.91 Å². The summed E-state index contributed by atoms with van der Waals surface area (Å²) in [5.41, 5.74) is 0.285. The van der Waals surface area contributed by atoms with Gasteiger partial charge in [-0.15, -0.1) is 0 Å². The van der Waals surface area contributed by atoms with Gasteiger partial charge in [-0.05, 0) is 31.5 Å². The Balaban J connectivity index is 2.38. The zero-order chi connectivity index (χ0) is 11.6. The van der Waals surface area contributed by atoms with E-state index in [9.17, 15) is 4.79 Å². The smallest absolute Gasteiger partial charge is 0.246 e. The molecular weight excluding hydrogens is 202 g/mol. The minimum atomic E-state index is -0.639. The van der Waals surface area contributed by atoms with Crippen LogP contribution in [0.25, 0.3) is 0 Å². The average molecular weight is 219 g/mol. The molecule has 86 valence electrons. The third-order valence-corrected chi connectivity index (χ3v) is 3.16. The first-order valence-electron chi connectivity index (χ1n) is 5.56. The first kappa shape index (κ1) is 11.1. The summed E-state index contributed by atoms with van der Waals surface area (Å²) in [5.74, 6) is 0.109. The van der Waals surface area contributed by atoms with Crippen LogP contribution in [0, 0.1) is 0 Å². The number of amides is 1. The number of hydrogen-bond donors (Lipinski definition) is 1. The van der Waals surface area contributed by atoms with Crippen LogP contribution in [0.1, 0.15) is 18.9 Å². The molecule has 1 aromatic heterocycles. The van der Waals surface area contributed by atoms with Crippen LogP contribution in [-0.2, 0) is 10.3 Å². The van der Waals surface area contributed by atoms with E-state index in [4.69, 9.17) is 0 Å². The van der Waals surface area contributed by atoms with Crippen LogP contribution in [0.4, 0.5) is 0 Å². The number of rotatable bonds is 1. The predicted octanol–water partition coefficient (Wildman–Crippen LogP) is 0.748. The molecule has 0 aromatic carbocycles. The molecule has 1 fully saturated rings. The lowest BCUT2D eigenvalue weighted by Gasteiger charge is -2.30. The highest BCUT2D eigenvalue weighted by atomic mass is 16.2. The summed E-state index contributed by atoms with van der Waals surface area (Å²) in [7, 11) is 1.85. The zero-order valence-corrected chi connectivity index (χ0v) is 9.73. The van der Waals surface area contributed by atoms with Gasteiger partial charge in [0, 0.05) is 26.0 Å². The maximum Gasteiger partial charge on any atom is 0.246 e. The molecule has 0 aliphatic carbocycles. The molecule has 2 rings (SSSR count). The van der Waals surface area contributed by atoms with Crippen molar-refractivity contribution in [2.24, 2.45) is 0 Å². The van der Waals surface area contributed by atoms with Crippen LogP contribution < -0.4 is 5.32 Å². The van der Waals surface area contributed by atoms with E-state index < -0.39 is 5.54 Å². The molecule has 16 heavy (non-hydrogen) atoms. The summed E-state index contributed by atoms with van der Waals surface area (Å²) in [6.07, 6.45) is 4.46. The van der Waals surface area contributed by atoms with E-state index in [1.54, 1.807) is 17.3 Å². The van der Waals surface area contributed by atoms with Gasteiger partial charge >= 0.3 is 0 Å². The Morgan fingerprint density at radius 1 is 1.56 bits per heavy atom. The number of nitrogens with zero attached hydrogens (tertiary/aromatic N) is 2. The molecule has 1 amide bonds. The summed E-state index contributed by atoms with van der Waals surface area (Å²) >= 11 is 0. The van der Waals surface area contributed by atoms with Crippen molar-refractivity contribution in [2.75, 3.05) is 20.1 Å². The highest BCUT2D eigenvalue weighted by Crippen LogP contribution is 2.23. The molecule has 0 saturated carbocycles. The van der Waals surface area contributed by atoms with Gasteiger partial charge in [-0.3, -0.25) is 15.1 Å². The lowest BCUT2D eigenvalue weighted by atomic mass is 9.92. The predicted molar refractivity (Wildman–Crippen MR) is 61.8 cm³/mol. The van der Waals surface area contributed by atoms with Gasteiger partial charge < -0.3 is 4.90 Å². The van der Waals surface area contributed by atoms with Gasteiger partial charge in [0.25, 0.3) is 0 Å². The number of carbonyl (C=O) groups excluding carboxylic acids is 1. The standard InChI is InChI=1S/C12H17N3O/c1-12(10-5-3-6-13-9-10)11(16)15(2)8-4-7-14-12/h3,5-6,9,14H,4,7-8H2,1-2H3. The Kier molecular flexibility index (Phi) is 2.92. The summed E-state index contributed by atoms with van der Waals surface area (Å²) < 4.78 is 0. The van der Waals surface area contributed by atoms with Crippen LogP contribution in [0.3, 0.4) is 0 Å². The zero-order valence-electron chi connectivity index (χ0n) is 9.73. The van der Waals surface area contributed by atoms with Crippen LogP contribution in [0.5, 0.6) is 0 Å². The monoisotopic (exact) mass is 219 g/mol. The minimum Gasteiger partial charge on any atom is -0.344 e. The summed E-state index contributed by atoms with van der Waals surface area (Å²) in [4.78, 5) is 18.2. The molecule has 1 aromatic rings. The molecule has 0 spiro atoms. The van der Waals surface area contributed by atoms with Crippen LogP contribution in [0.15, 0.2) is 24.5 Å². The van der Waals surface area contributed by atoms with E-state index in [1.807, 2.05) is 26.1 Å². The van der Waals surface area contributed by atoms with E-state index in [-0.39, 0.29) is 5.91 Å². The second-order valence-electron chi connectivity index (χ2n) is 4.37. The number of aromatic nitrogens is 1. The maximum atomic E-state index is 12.3. The SMILES string of the molecule is CN1CCCNC(C)(c2cccnc2)C1=O. The Labute approximate surface area is 95.7 Å². The first-order chi connectivity index (χ1) is 7.64. The van der Waals surface area contributed by atoms with Gasteiger partial charge in [0.15, 0.2) is 0 Å². The van der Waals surface area contributed by atoms with Gasteiger partial charge in [-0.25, -0.2) is 0 Å². The quantitative estimate of drug-likeness (QED) is 0.758. The minimum absolute atomic E-state index is 0.109. The van der Waals surface area contributed by atoms with Crippen molar-refractivity contribution in [2.45, 2.75) is 18.9 Å². The van der Waals surface area contributed by atoms with Crippen molar-refractivity contribution >= 4 is 5.91 Å². The topological polar surface area (TPSA) is 45.2 Å². The van der Waals surface area contributed by atoms with Gasteiger partial charge in [0.1, 0.15) is 5.54 Å². The number of likely N-dealkylation sites (N-methyl/N-ethyl adjacent to an activating group) is 1. The van der Waals surface area contributed by atoms with E-state index in [0.29, 0.717) is 0 Å². The van der Waals surface area contributed by atoms with Crippen molar-refractivity contribution in [1.29, 1.82) is 0 Å². The molecule has 2 heterocycles. The highest BCUT2D eigenvalue weighted by Gasteiger charge is 2.38. The molecule has 1 aliphatic heterocycles. The second-order valence-corrected chi connectivity index (χ2v) is 4.37. The van der Waals surface area contributed by atoms with Crippen LogP contribution in [-0.4, -0.2) is 35.9 Å². The number of pyridine rings is 1. The highest BCUT2D eigenvalue weighted by molar-refractivity contribution is 5.87. The van der Waals surface area contributed by atoms with E-state index in [2.05, 4.69) is 10.3 Å². The van der Waals surface area contributed by atoms with E-state index >= 15 is 0 Å². The van der Waals surface area contributed by atoms with Gasteiger partial charge in [-0.2, -0.15) is 0 Å². The van der Waals surface area contributed by atoms with Crippen molar-refractivity contribution in [3.8, 4) is 0 Å². The molecular formula is C12H17N3O. The maximum absolute atomic E-state index is 12.3. The molecule has 1 unspecified atom stereocenters. The Hall–Kier alpha value is -1.42. The molecule has 1 aliphatic rings. The largest absolute Gasteiger partial charge is 0.344 e. The van der Waals surface area contributed by atoms with Crippen LogP contribution in [0.2, 0.25) is 0 Å². The summed E-state index contributed by atoms with van der Waals surface area (Å²) in [5, 5.41) is 3.32. The fourth-order valence-corrected chi connectivity index (χ4v) is 2.10. The Morgan fingerprint density at radius 2 is 2.38 bits per heavy atom. The van der Waals surface area contributed by atoms with Crippen molar-refractivity contribution in [1.82, 2.24) is 15.2 Å². The molecule has 4 nitrogen and oxygen atoms in total. The Bertz CT molecular complexity index is 379. The van der Waals surface area contributed by atoms with Gasteiger partial charge in [-0.1, -0.05) is 6.07 Å². The molecule has 0 radical (unpaired) electrons. The fraction of sp³-hybridized carbons (Fsp3) is 0.500. The molecule has 1 saturated heterocycles. The molecule has 1 atom stereocenters. The van der Waals surface area contributed by atoms with E-state index in [1.165, 1.54) is 0 Å². The van der Waals surface area contributed by atoms with Crippen molar-refractivity contribution in [3.63, 3.8) is 0 Å². The third kappa shape index (κ3) is 1.80. The molecule has 1 N–H and O–H groups in total. The van der Waals surface area contributed by atoms with Crippen molar-refractivity contribution < 1.29 is 4.79 Å². The lowest BCUT2D eigenvalue weighted by molar-refractivity contribution is -0.135. The number of nitrogens with one attached hydrogen (secondary N) is 1. The number of hydrogen-bond acceptors (Lipinski definition) is 3. The van der Waals surface area contributed by atoms with Crippen LogP contribution >= 0.6 is 0 Å². The van der Waals surface area contributed by atoms with Gasteiger partial charge in [0.05, 0.1) is 0 Å². The normalized spacial score (nSPS) is 26.6. The fourth-order valence-electron chi connectivity index (χ4n) is 2.10. The molecule has 0 bridgehead atoms. The second kappa shape index (κ2) is 4.22. The Morgan fingerprint density at radius 3 is 3.06 bits per heavy atom.